The van der Waals surface area contributed by atoms with Gasteiger partial charge in [-0.05, 0) is 31.6 Å². The molecule has 3 aliphatic rings. The van der Waals surface area contributed by atoms with E-state index in [-0.39, 0.29) is 10.9 Å². The molecule has 3 saturated heterocycles. The van der Waals surface area contributed by atoms with E-state index in [1.807, 2.05) is 0 Å². The molecule has 6 heteroatoms. The van der Waals surface area contributed by atoms with Crippen LogP contribution in [0.5, 0.6) is 0 Å². The van der Waals surface area contributed by atoms with Crippen molar-refractivity contribution in [2.75, 3.05) is 38.7 Å². The molecule has 0 saturated carbocycles. The van der Waals surface area contributed by atoms with Crippen LogP contribution >= 0.6 is 0 Å². The Labute approximate surface area is 115 Å². The normalized spacial score (nSPS) is 32.1. The van der Waals surface area contributed by atoms with Crippen LogP contribution in [-0.4, -0.2) is 57.9 Å². The molecule has 0 aromatic rings. The lowest BCUT2D eigenvalue weighted by Gasteiger charge is -2.43. The summed E-state index contributed by atoms with van der Waals surface area (Å²) in [5.41, 5.74) is -0.230. The van der Waals surface area contributed by atoms with E-state index in [4.69, 9.17) is 9.47 Å². The number of rotatable bonds is 3. The zero-order chi connectivity index (χ0) is 13.3. The van der Waals surface area contributed by atoms with Gasteiger partial charge in [0, 0.05) is 32.9 Å². The van der Waals surface area contributed by atoms with Gasteiger partial charge in [-0.15, -0.1) is 0 Å². The number of ether oxygens (including phenoxy) is 2. The highest BCUT2D eigenvalue weighted by atomic mass is 32.2. The summed E-state index contributed by atoms with van der Waals surface area (Å²) < 4.78 is 36.3. The van der Waals surface area contributed by atoms with Crippen molar-refractivity contribution in [3.8, 4) is 0 Å². The maximum atomic E-state index is 12.5. The zero-order valence-corrected chi connectivity index (χ0v) is 12.1. The molecule has 3 aliphatic heterocycles. The monoisotopic (exact) mass is 289 g/mol. The van der Waals surface area contributed by atoms with Crippen LogP contribution in [0.15, 0.2) is 0 Å². The van der Waals surface area contributed by atoms with Gasteiger partial charge < -0.3 is 14.8 Å². The lowest BCUT2D eigenvalue weighted by atomic mass is 9.86. The molecule has 5 nitrogen and oxygen atoms in total. The summed E-state index contributed by atoms with van der Waals surface area (Å²) in [5, 5.41) is 2.93. The van der Waals surface area contributed by atoms with Crippen LogP contribution in [-0.2, 0) is 19.3 Å². The predicted molar refractivity (Wildman–Crippen MR) is 71.9 cm³/mol. The summed E-state index contributed by atoms with van der Waals surface area (Å²) in [7, 11) is -2.98. The highest BCUT2D eigenvalue weighted by Gasteiger charge is 2.43. The minimum atomic E-state index is -2.98. The van der Waals surface area contributed by atoms with E-state index in [2.05, 4.69) is 5.32 Å². The zero-order valence-electron chi connectivity index (χ0n) is 11.3. The van der Waals surface area contributed by atoms with E-state index in [0.29, 0.717) is 44.3 Å². The molecular formula is C13H23NO4S. The Morgan fingerprint density at radius 1 is 1.16 bits per heavy atom. The lowest BCUT2D eigenvalue weighted by molar-refractivity contribution is -0.132. The SMILES string of the molecule is O=S(=O)(CC1CNC1)C1CCOC2(CCOCC2)C1. The van der Waals surface area contributed by atoms with Crippen LogP contribution in [0.2, 0.25) is 0 Å². The lowest BCUT2D eigenvalue weighted by Crippen LogP contribution is -2.51. The molecule has 0 aromatic heterocycles. The summed E-state index contributed by atoms with van der Waals surface area (Å²) in [6.45, 7) is 3.66. The maximum absolute atomic E-state index is 12.5. The molecule has 3 rings (SSSR count). The molecular weight excluding hydrogens is 266 g/mol. The van der Waals surface area contributed by atoms with Crippen LogP contribution in [0.1, 0.15) is 25.7 Å². The maximum Gasteiger partial charge on any atom is 0.153 e. The van der Waals surface area contributed by atoms with Gasteiger partial charge in [0.25, 0.3) is 0 Å². The molecule has 0 amide bonds. The summed E-state index contributed by atoms with van der Waals surface area (Å²) in [6.07, 6.45) is 3.00. The molecule has 0 aliphatic carbocycles. The second kappa shape index (κ2) is 5.31. The van der Waals surface area contributed by atoms with Gasteiger partial charge in [-0.1, -0.05) is 0 Å². The van der Waals surface area contributed by atoms with E-state index in [9.17, 15) is 8.42 Å². The van der Waals surface area contributed by atoms with Gasteiger partial charge in [0.05, 0.1) is 16.6 Å². The summed E-state index contributed by atoms with van der Waals surface area (Å²) in [5.74, 6) is 0.663. The topological polar surface area (TPSA) is 64.6 Å². The smallest absolute Gasteiger partial charge is 0.153 e. The fraction of sp³-hybridized carbons (Fsp3) is 1.00. The van der Waals surface area contributed by atoms with Gasteiger partial charge in [-0.3, -0.25) is 0 Å². The molecule has 0 aromatic carbocycles. The van der Waals surface area contributed by atoms with Gasteiger partial charge in [0.1, 0.15) is 0 Å². The summed E-state index contributed by atoms with van der Waals surface area (Å²) in [4.78, 5) is 0. The molecule has 3 heterocycles. The Morgan fingerprint density at radius 3 is 2.53 bits per heavy atom. The third-order valence-electron chi connectivity index (χ3n) is 4.69. The van der Waals surface area contributed by atoms with Crippen molar-refractivity contribution in [1.82, 2.24) is 5.32 Å². The Bertz CT molecular complexity index is 407. The first-order valence-electron chi connectivity index (χ1n) is 7.24. The van der Waals surface area contributed by atoms with E-state index in [1.165, 1.54) is 0 Å². The summed E-state index contributed by atoms with van der Waals surface area (Å²) in [6, 6.07) is 0. The first kappa shape index (κ1) is 13.8. The van der Waals surface area contributed by atoms with Gasteiger partial charge in [0.2, 0.25) is 0 Å². The molecule has 3 fully saturated rings. The predicted octanol–water partition coefficient (Wildman–Crippen LogP) is 0.349. The first-order valence-corrected chi connectivity index (χ1v) is 8.95. The van der Waals surface area contributed by atoms with Crippen molar-refractivity contribution in [1.29, 1.82) is 0 Å². The number of hydrogen-bond acceptors (Lipinski definition) is 5. The third-order valence-corrected chi connectivity index (χ3v) is 7.05. The fourth-order valence-electron chi connectivity index (χ4n) is 3.31. The molecule has 1 unspecified atom stereocenters. The minimum Gasteiger partial charge on any atom is -0.381 e. The molecule has 1 atom stereocenters. The van der Waals surface area contributed by atoms with Crippen LogP contribution in [0.3, 0.4) is 0 Å². The quantitative estimate of drug-likeness (QED) is 0.812. The van der Waals surface area contributed by atoms with Crippen molar-refractivity contribution >= 4 is 9.84 Å². The van der Waals surface area contributed by atoms with Crippen LogP contribution < -0.4 is 5.32 Å². The molecule has 110 valence electrons. The van der Waals surface area contributed by atoms with Crippen molar-refractivity contribution in [3.05, 3.63) is 0 Å². The minimum absolute atomic E-state index is 0.208. The number of nitrogens with one attached hydrogen (secondary N) is 1. The average Bonchev–Trinajstić information content (AvgIpc) is 2.35. The van der Waals surface area contributed by atoms with Crippen LogP contribution in [0, 0.1) is 5.92 Å². The van der Waals surface area contributed by atoms with Gasteiger partial charge >= 0.3 is 0 Å². The highest BCUT2D eigenvalue weighted by molar-refractivity contribution is 7.92. The van der Waals surface area contributed by atoms with Crippen LogP contribution in [0.25, 0.3) is 0 Å². The summed E-state index contributed by atoms with van der Waals surface area (Å²) >= 11 is 0. The van der Waals surface area contributed by atoms with Crippen LogP contribution in [0.4, 0.5) is 0 Å². The van der Waals surface area contributed by atoms with E-state index >= 15 is 0 Å². The Kier molecular flexibility index (Phi) is 3.86. The molecule has 19 heavy (non-hydrogen) atoms. The van der Waals surface area contributed by atoms with E-state index in [0.717, 1.165) is 25.9 Å². The molecule has 1 N–H and O–H groups in total. The second-order valence-electron chi connectivity index (χ2n) is 6.11. The molecule has 0 radical (unpaired) electrons. The largest absolute Gasteiger partial charge is 0.381 e. The molecule has 1 spiro atoms. The third kappa shape index (κ3) is 2.96. The van der Waals surface area contributed by atoms with Gasteiger partial charge in [-0.25, -0.2) is 8.42 Å². The Balaban J connectivity index is 1.66. The van der Waals surface area contributed by atoms with E-state index in [1.54, 1.807) is 0 Å². The first-order chi connectivity index (χ1) is 9.10. The van der Waals surface area contributed by atoms with E-state index < -0.39 is 9.84 Å². The second-order valence-corrected chi connectivity index (χ2v) is 8.44. The van der Waals surface area contributed by atoms with Gasteiger partial charge in [-0.2, -0.15) is 0 Å². The Hall–Kier alpha value is -0.170. The fourth-order valence-corrected chi connectivity index (χ4v) is 5.49. The standard InChI is InChI=1S/C13H23NO4S/c15-19(16,10-11-8-14-9-11)12-1-4-18-13(7-12)2-5-17-6-3-13/h11-12,14H,1-10H2. The van der Waals surface area contributed by atoms with Crippen molar-refractivity contribution in [2.24, 2.45) is 5.92 Å². The van der Waals surface area contributed by atoms with Gasteiger partial charge in [0.15, 0.2) is 9.84 Å². The Morgan fingerprint density at radius 2 is 1.89 bits per heavy atom. The molecule has 0 bridgehead atoms. The average molecular weight is 289 g/mol. The van der Waals surface area contributed by atoms with Crippen molar-refractivity contribution < 1.29 is 17.9 Å². The number of sulfone groups is 1. The highest BCUT2D eigenvalue weighted by Crippen LogP contribution is 2.37. The van der Waals surface area contributed by atoms with Crippen molar-refractivity contribution in [2.45, 2.75) is 36.5 Å². The number of hydrogen-bond donors (Lipinski definition) is 1. The van der Waals surface area contributed by atoms with Crippen molar-refractivity contribution in [3.63, 3.8) is 0 Å².